The van der Waals surface area contributed by atoms with E-state index in [0.29, 0.717) is 24.7 Å². The molecule has 0 unspecified atom stereocenters. The van der Waals surface area contributed by atoms with Crippen LogP contribution in [-0.2, 0) is 0 Å². The second-order valence-electron chi connectivity index (χ2n) is 3.83. The number of guanidine groups is 1. The second-order valence-corrected chi connectivity index (χ2v) is 4.27. The Hall–Kier alpha value is -1.13. The maximum Gasteiger partial charge on any atom is 0.194 e. The lowest BCUT2D eigenvalue weighted by Crippen LogP contribution is -2.40. The van der Waals surface area contributed by atoms with Gasteiger partial charge in [0.25, 0.3) is 0 Å². The van der Waals surface area contributed by atoms with Crippen LogP contribution in [0.25, 0.3) is 0 Å². The molecule has 1 aromatic carbocycles. The van der Waals surface area contributed by atoms with Crippen molar-refractivity contribution in [3.05, 3.63) is 29.3 Å². The van der Waals surface area contributed by atoms with Gasteiger partial charge in [0.1, 0.15) is 12.4 Å². The van der Waals surface area contributed by atoms with Gasteiger partial charge in [0.2, 0.25) is 0 Å². The van der Waals surface area contributed by atoms with Crippen LogP contribution in [0.1, 0.15) is 0 Å². The number of terminal acetylenes is 1. The van der Waals surface area contributed by atoms with Gasteiger partial charge in [-0.05, 0) is 24.3 Å². The third kappa shape index (κ3) is 6.87. The van der Waals surface area contributed by atoms with E-state index in [1.54, 1.807) is 19.2 Å². The molecule has 20 heavy (non-hydrogen) atoms. The summed E-state index contributed by atoms with van der Waals surface area (Å²) in [5, 5.41) is 3.74. The fourth-order valence-electron chi connectivity index (χ4n) is 1.45. The van der Waals surface area contributed by atoms with Crippen molar-refractivity contribution in [2.45, 2.75) is 0 Å². The molecule has 0 saturated carbocycles. The Balaban J connectivity index is 0.00000361. The molecule has 110 valence electrons. The number of ether oxygens (including phenoxy) is 1. The molecule has 0 saturated heterocycles. The zero-order chi connectivity index (χ0) is 14.1. The van der Waals surface area contributed by atoms with E-state index in [1.807, 2.05) is 24.1 Å². The molecule has 1 rings (SSSR count). The molecule has 1 N–H and O–H groups in total. The molecule has 0 aromatic heterocycles. The zero-order valence-corrected chi connectivity index (χ0v) is 14.7. The molecule has 0 bridgehead atoms. The molecule has 0 fully saturated rings. The monoisotopic (exact) mass is 407 g/mol. The van der Waals surface area contributed by atoms with E-state index < -0.39 is 0 Å². The van der Waals surface area contributed by atoms with Gasteiger partial charge in [-0.25, -0.2) is 0 Å². The number of rotatable bonds is 5. The summed E-state index contributed by atoms with van der Waals surface area (Å²) in [6.07, 6.45) is 5.20. The number of likely N-dealkylation sites (N-methyl/N-ethyl adjacent to an activating group) is 1. The molecule has 0 amide bonds. The van der Waals surface area contributed by atoms with Gasteiger partial charge in [-0.1, -0.05) is 17.5 Å². The van der Waals surface area contributed by atoms with Crippen LogP contribution in [0.4, 0.5) is 0 Å². The van der Waals surface area contributed by atoms with Gasteiger partial charge in [-0.3, -0.25) is 4.99 Å². The number of benzene rings is 1. The number of nitrogens with one attached hydrogen (secondary N) is 1. The minimum atomic E-state index is 0. The highest BCUT2D eigenvalue weighted by Gasteiger charge is 2.04. The fraction of sp³-hybridized carbons (Fsp3) is 0.357. The minimum absolute atomic E-state index is 0. The molecule has 0 aliphatic carbocycles. The number of aliphatic imine (C=N–C) groups is 1. The molecule has 0 spiro atoms. The largest absolute Gasteiger partial charge is 0.492 e. The number of hydrogen-bond acceptors (Lipinski definition) is 2. The van der Waals surface area contributed by atoms with Crippen LogP contribution in [0.2, 0.25) is 5.02 Å². The predicted octanol–water partition coefficient (Wildman–Crippen LogP) is 2.48. The van der Waals surface area contributed by atoms with Gasteiger partial charge in [0.05, 0.1) is 13.1 Å². The third-order valence-corrected chi connectivity index (χ3v) is 2.68. The summed E-state index contributed by atoms with van der Waals surface area (Å²) >= 11 is 5.80. The summed E-state index contributed by atoms with van der Waals surface area (Å²) in [6.45, 7) is 1.71. The van der Waals surface area contributed by atoms with Crippen LogP contribution in [0.3, 0.4) is 0 Å². The highest BCUT2D eigenvalue weighted by molar-refractivity contribution is 14.0. The molecule has 0 heterocycles. The molecule has 0 aliphatic heterocycles. The van der Waals surface area contributed by atoms with E-state index in [1.165, 1.54) is 0 Å². The van der Waals surface area contributed by atoms with Crippen LogP contribution in [0.15, 0.2) is 29.3 Å². The molecule has 1 aromatic rings. The van der Waals surface area contributed by atoms with Crippen LogP contribution in [0.5, 0.6) is 5.75 Å². The Morgan fingerprint density at radius 3 is 2.65 bits per heavy atom. The van der Waals surface area contributed by atoms with Crippen molar-refractivity contribution in [2.75, 3.05) is 33.8 Å². The van der Waals surface area contributed by atoms with Gasteiger partial charge >= 0.3 is 0 Å². The molecule has 0 atom stereocenters. The predicted molar refractivity (Wildman–Crippen MR) is 95.2 cm³/mol. The summed E-state index contributed by atoms with van der Waals surface area (Å²) in [6, 6.07) is 7.28. The number of hydrogen-bond donors (Lipinski definition) is 1. The van der Waals surface area contributed by atoms with Crippen molar-refractivity contribution in [1.82, 2.24) is 10.2 Å². The first-order chi connectivity index (χ1) is 9.17. The summed E-state index contributed by atoms with van der Waals surface area (Å²) in [4.78, 5) is 6.08. The minimum Gasteiger partial charge on any atom is -0.492 e. The maximum absolute atomic E-state index is 5.80. The average molecular weight is 408 g/mol. The van der Waals surface area contributed by atoms with Crippen molar-refractivity contribution >= 4 is 41.5 Å². The zero-order valence-electron chi connectivity index (χ0n) is 11.6. The first kappa shape index (κ1) is 18.9. The molecule has 0 radical (unpaired) electrons. The van der Waals surface area contributed by atoms with Gasteiger partial charge < -0.3 is 15.0 Å². The number of halogens is 2. The Kier molecular flexibility index (Phi) is 10.0. The Morgan fingerprint density at radius 1 is 1.45 bits per heavy atom. The van der Waals surface area contributed by atoms with Gasteiger partial charge in [0.15, 0.2) is 5.96 Å². The lowest BCUT2D eigenvalue weighted by Gasteiger charge is -2.21. The molecule has 6 heteroatoms. The lowest BCUT2D eigenvalue weighted by atomic mass is 10.3. The number of nitrogens with zero attached hydrogens (tertiary/aromatic N) is 2. The highest BCUT2D eigenvalue weighted by Crippen LogP contribution is 2.15. The van der Waals surface area contributed by atoms with E-state index in [-0.39, 0.29) is 24.0 Å². The highest BCUT2D eigenvalue weighted by atomic mass is 127. The smallest absolute Gasteiger partial charge is 0.194 e. The van der Waals surface area contributed by atoms with Gasteiger partial charge in [-0.2, -0.15) is 0 Å². The van der Waals surface area contributed by atoms with Crippen LogP contribution in [-0.4, -0.2) is 44.7 Å². The first-order valence-electron chi connectivity index (χ1n) is 5.91. The van der Waals surface area contributed by atoms with Crippen LogP contribution in [0, 0.1) is 12.3 Å². The summed E-state index contributed by atoms with van der Waals surface area (Å²) in [5.74, 6) is 4.06. The SMILES string of the molecule is C#CCNC(=NC)N(C)CCOc1ccc(Cl)cc1.I. The van der Waals surface area contributed by atoms with E-state index in [4.69, 9.17) is 22.8 Å². The van der Waals surface area contributed by atoms with Crippen molar-refractivity contribution in [3.63, 3.8) is 0 Å². The lowest BCUT2D eigenvalue weighted by molar-refractivity contribution is 0.281. The van der Waals surface area contributed by atoms with E-state index in [2.05, 4.69) is 16.2 Å². The van der Waals surface area contributed by atoms with Crippen molar-refractivity contribution in [3.8, 4) is 18.1 Å². The molecular formula is C14H19ClIN3O. The van der Waals surface area contributed by atoms with Gasteiger partial charge in [-0.15, -0.1) is 30.4 Å². The molecule has 0 aliphatic rings. The maximum atomic E-state index is 5.80. The Morgan fingerprint density at radius 2 is 2.10 bits per heavy atom. The third-order valence-electron chi connectivity index (χ3n) is 2.43. The van der Waals surface area contributed by atoms with Crippen LogP contribution >= 0.6 is 35.6 Å². The normalized spacial score (nSPS) is 10.2. The fourth-order valence-corrected chi connectivity index (χ4v) is 1.58. The standard InChI is InChI=1S/C14H18ClN3O.HI/c1-4-9-17-14(16-2)18(3)10-11-19-13-7-5-12(15)6-8-13;/h1,5-8H,9-11H2,2-3H3,(H,16,17);1H. The van der Waals surface area contributed by atoms with E-state index >= 15 is 0 Å². The quantitative estimate of drug-likeness (QED) is 0.353. The van der Waals surface area contributed by atoms with E-state index in [9.17, 15) is 0 Å². The van der Waals surface area contributed by atoms with Crippen molar-refractivity contribution in [2.24, 2.45) is 4.99 Å². The topological polar surface area (TPSA) is 36.9 Å². The summed E-state index contributed by atoms with van der Waals surface area (Å²) in [7, 11) is 3.65. The van der Waals surface area contributed by atoms with Crippen LogP contribution < -0.4 is 10.1 Å². The molecule has 4 nitrogen and oxygen atoms in total. The Labute approximate surface area is 142 Å². The average Bonchev–Trinajstić information content (AvgIpc) is 2.42. The summed E-state index contributed by atoms with van der Waals surface area (Å²) in [5.41, 5.74) is 0. The van der Waals surface area contributed by atoms with Crippen molar-refractivity contribution < 1.29 is 4.74 Å². The van der Waals surface area contributed by atoms with E-state index in [0.717, 1.165) is 11.7 Å². The van der Waals surface area contributed by atoms with Gasteiger partial charge in [0, 0.05) is 19.1 Å². The Bertz CT molecular complexity index is 456. The van der Waals surface area contributed by atoms with Crippen molar-refractivity contribution in [1.29, 1.82) is 0 Å². The molecular weight excluding hydrogens is 389 g/mol. The summed E-state index contributed by atoms with van der Waals surface area (Å²) < 4.78 is 5.61. The first-order valence-corrected chi connectivity index (χ1v) is 6.28. The second kappa shape index (κ2) is 10.6.